The van der Waals surface area contributed by atoms with Crippen LogP contribution in [0.3, 0.4) is 0 Å². The predicted octanol–water partition coefficient (Wildman–Crippen LogP) is 5.29. The zero-order valence-corrected chi connectivity index (χ0v) is 16.4. The smallest absolute Gasteiger partial charge is 0.166 e. The number of hydrogen-bond acceptors (Lipinski definition) is 4. The van der Waals surface area contributed by atoms with Gasteiger partial charge in [-0.2, -0.15) is 5.10 Å². The van der Waals surface area contributed by atoms with Crippen LogP contribution in [0.15, 0.2) is 90.1 Å². The summed E-state index contributed by atoms with van der Waals surface area (Å²) in [5.74, 6) is 1.30. The molecule has 0 spiro atoms. The van der Waals surface area contributed by atoms with E-state index in [1.54, 1.807) is 11.8 Å². The van der Waals surface area contributed by atoms with Gasteiger partial charge in [-0.1, -0.05) is 72.4 Å². The van der Waals surface area contributed by atoms with Crippen molar-refractivity contribution in [3.8, 4) is 16.8 Å². The Labute approximate surface area is 172 Å². The van der Waals surface area contributed by atoms with Crippen LogP contribution in [-0.2, 0) is 5.75 Å². The molecule has 0 atom stereocenters. The number of aromatic amines is 1. The van der Waals surface area contributed by atoms with Crippen molar-refractivity contribution in [2.24, 2.45) is 0 Å². The Kier molecular flexibility index (Phi) is 4.54. The van der Waals surface area contributed by atoms with Crippen LogP contribution in [0.2, 0.25) is 0 Å². The van der Waals surface area contributed by atoms with E-state index in [0.29, 0.717) is 11.6 Å². The number of para-hydroxylation sites is 3. The van der Waals surface area contributed by atoms with Crippen LogP contribution in [-0.4, -0.2) is 19.7 Å². The average molecular weight is 398 g/mol. The minimum absolute atomic E-state index is 0.641. The molecule has 0 saturated carbocycles. The maximum Gasteiger partial charge on any atom is 0.166 e. The Bertz CT molecular complexity index is 1230. The summed E-state index contributed by atoms with van der Waals surface area (Å²) in [5.41, 5.74) is 12.5. The van der Waals surface area contributed by atoms with E-state index in [0.717, 1.165) is 38.7 Å². The molecule has 0 aliphatic carbocycles. The van der Waals surface area contributed by atoms with Crippen LogP contribution < -0.4 is 5.73 Å². The van der Waals surface area contributed by atoms with Crippen molar-refractivity contribution in [2.75, 3.05) is 5.73 Å². The summed E-state index contributed by atoms with van der Waals surface area (Å²) in [6, 6.07) is 28.2. The first-order chi connectivity index (χ1) is 14.3. The van der Waals surface area contributed by atoms with Gasteiger partial charge in [0.1, 0.15) is 5.82 Å². The molecular weight excluding hydrogens is 378 g/mol. The third-order valence-electron chi connectivity index (χ3n) is 4.77. The molecule has 0 saturated heterocycles. The fourth-order valence-corrected chi connectivity index (χ4v) is 4.22. The van der Waals surface area contributed by atoms with E-state index < -0.39 is 0 Å². The first-order valence-corrected chi connectivity index (χ1v) is 10.3. The van der Waals surface area contributed by atoms with E-state index in [-0.39, 0.29) is 0 Å². The first-order valence-electron chi connectivity index (χ1n) is 9.35. The van der Waals surface area contributed by atoms with Gasteiger partial charge < -0.3 is 10.7 Å². The van der Waals surface area contributed by atoms with Crippen molar-refractivity contribution >= 4 is 28.6 Å². The van der Waals surface area contributed by atoms with Gasteiger partial charge in [0.05, 0.1) is 22.4 Å². The largest absolute Gasteiger partial charge is 0.383 e. The van der Waals surface area contributed by atoms with Gasteiger partial charge in [-0.25, -0.2) is 9.67 Å². The summed E-state index contributed by atoms with van der Waals surface area (Å²) in [4.78, 5) is 8.02. The van der Waals surface area contributed by atoms with E-state index in [9.17, 15) is 0 Å². The molecule has 3 N–H and O–H groups in total. The molecule has 0 aliphatic rings. The number of nitrogens with one attached hydrogen (secondary N) is 1. The minimum atomic E-state index is 0.641. The number of rotatable bonds is 5. The fourth-order valence-electron chi connectivity index (χ4n) is 3.40. The Morgan fingerprint density at radius 1 is 0.862 bits per heavy atom. The maximum absolute atomic E-state index is 6.57. The molecule has 5 rings (SSSR count). The Morgan fingerprint density at radius 3 is 2.31 bits per heavy atom. The molecule has 0 fully saturated rings. The topological polar surface area (TPSA) is 72.5 Å². The monoisotopic (exact) mass is 397 g/mol. The zero-order chi connectivity index (χ0) is 19.6. The van der Waals surface area contributed by atoms with Crippen LogP contribution >= 0.6 is 11.8 Å². The molecule has 0 aliphatic heterocycles. The molecule has 5 nitrogen and oxygen atoms in total. The van der Waals surface area contributed by atoms with Crippen molar-refractivity contribution in [2.45, 2.75) is 10.9 Å². The molecular formula is C23H19N5S. The Morgan fingerprint density at radius 2 is 1.55 bits per heavy atom. The highest BCUT2D eigenvalue weighted by molar-refractivity contribution is 7.98. The van der Waals surface area contributed by atoms with Gasteiger partial charge in [-0.05, 0) is 29.8 Å². The summed E-state index contributed by atoms with van der Waals surface area (Å²) < 4.78 is 1.82. The number of aromatic nitrogens is 4. The van der Waals surface area contributed by atoms with E-state index in [1.807, 2.05) is 77.5 Å². The number of anilines is 1. The SMILES string of the molecule is Nc1c(-c2ccccc2)c(CSc2nc3ccccc3[nH]2)nn1-c1ccccc1. The third kappa shape index (κ3) is 3.39. The van der Waals surface area contributed by atoms with Gasteiger partial charge in [0.15, 0.2) is 5.16 Å². The van der Waals surface area contributed by atoms with Crippen molar-refractivity contribution < 1.29 is 0 Å². The number of fused-ring (bicyclic) bond motifs is 1. The number of benzene rings is 3. The fraction of sp³-hybridized carbons (Fsp3) is 0.0435. The molecule has 5 aromatic rings. The molecule has 6 heteroatoms. The Balaban J connectivity index is 1.54. The van der Waals surface area contributed by atoms with E-state index in [4.69, 9.17) is 10.8 Å². The highest BCUT2D eigenvalue weighted by Gasteiger charge is 2.19. The Hall–Kier alpha value is -3.51. The lowest BCUT2D eigenvalue weighted by Gasteiger charge is -2.05. The van der Waals surface area contributed by atoms with Gasteiger partial charge in [0.25, 0.3) is 0 Å². The maximum atomic E-state index is 6.57. The van der Waals surface area contributed by atoms with Gasteiger partial charge >= 0.3 is 0 Å². The zero-order valence-electron chi connectivity index (χ0n) is 15.6. The van der Waals surface area contributed by atoms with E-state index in [2.05, 4.69) is 22.1 Å². The number of nitrogen functional groups attached to an aromatic ring is 1. The summed E-state index contributed by atoms with van der Waals surface area (Å²) in [5, 5.41) is 5.73. The van der Waals surface area contributed by atoms with Crippen molar-refractivity contribution in [3.05, 3.63) is 90.6 Å². The second kappa shape index (κ2) is 7.48. The molecule has 2 aromatic heterocycles. The number of H-pyrrole nitrogens is 1. The third-order valence-corrected chi connectivity index (χ3v) is 5.65. The van der Waals surface area contributed by atoms with E-state index >= 15 is 0 Å². The molecule has 2 heterocycles. The number of imidazole rings is 1. The van der Waals surface area contributed by atoms with Gasteiger partial charge in [0.2, 0.25) is 0 Å². The van der Waals surface area contributed by atoms with Crippen LogP contribution in [0.25, 0.3) is 27.8 Å². The average Bonchev–Trinajstić information content (AvgIpc) is 3.34. The van der Waals surface area contributed by atoms with Crippen molar-refractivity contribution in [1.29, 1.82) is 0 Å². The lowest BCUT2D eigenvalue weighted by molar-refractivity contribution is 0.868. The molecule has 3 aromatic carbocycles. The predicted molar refractivity (Wildman–Crippen MR) is 119 cm³/mol. The van der Waals surface area contributed by atoms with Crippen LogP contribution in [0, 0.1) is 0 Å². The lowest BCUT2D eigenvalue weighted by Crippen LogP contribution is -2.02. The molecule has 29 heavy (non-hydrogen) atoms. The number of nitrogens with two attached hydrogens (primary N) is 1. The minimum Gasteiger partial charge on any atom is -0.383 e. The van der Waals surface area contributed by atoms with Gasteiger partial charge in [0, 0.05) is 11.3 Å². The van der Waals surface area contributed by atoms with Crippen LogP contribution in [0.4, 0.5) is 5.82 Å². The quantitative estimate of drug-likeness (QED) is 0.395. The number of hydrogen-bond donors (Lipinski definition) is 2. The van der Waals surface area contributed by atoms with Gasteiger partial charge in [-0.3, -0.25) is 0 Å². The molecule has 0 radical (unpaired) electrons. The summed E-state index contributed by atoms with van der Waals surface area (Å²) in [6.45, 7) is 0. The summed E-state index contributed by atoms with van der Waals surface area (Å²) in [7, 11) is 0. The van der Waals surface area contributed by atoms with Crippen LogP contribution in [0.1, 0.15) is 5.69 Å². The van der Waals surface area contributed by atoms with Crippen LogP contribution in [0.5, 0.6) is 0 Å². The molecule has 0 unspecified atom stereocenters. The molecule has 0 bridgehead atoms. The van der Waals surface area contributed by atoms with Crippen molar-refractivity contribution in [1.82, 2.24) is 19.7 Å². The lowest BCUT2D eigenvalue weighted by atomic mass is 10.1. The number of thioether (sulfide) groups is 1. The standard InChI is InChI=1S/C23H19N5S/c24-22-21(16-9-3-1-4-10-16)20(27-28(22)17-11-5-2-6-12-17)15-29-23-25-18-13-7-8-14-19(18)26-23/h1-14H,15,24H2,(H,25,26). The number of nitrogens with zero attached hydrogens (tertiary/aromatic N) is 3. The highest BCUT2D eigenvalue weighted by Crippen LogP contribution is 2.34. The van der Waals surface area contributed by atoms with E-state index in [1.165, 1.54) is 0 Å². The normalized spacial score (nSPS) is 11.2. The molecule has 142 valence electrons. The summed E-state index contributed by atoms with van der Waals surface area (Å²) >= 11 is 1.63. The second-order valence-corrected chi connectivity index (χ2v) is 7.63. The van der Waals surface area contributed by atoms with Gasteiger partial charge in [-0.15, -0.1) is 0 Å². The second-order valence-electron chi connectivity index (χ2n) is 6.67. The molecule has 0 amide bonds. The first kappa shape index (κ1) is 17.6. The van der Waals surface area contributed by atoms with Crippen molar-refractivity contribution in [3.63, 3.8) is 0 Å². The summed E-state index contributed by atoms with van der Waals surface area (Å²) in [6.07, 6.45) is 0. The highest BCUT2D eigenvalue weighted by atomic mass is 32.2.